The van der Waals surface area contributed by atoms with Crippen LogP contribution in [0.1, 0.15) is 30.1 Å². The first-order valence-electron chi connectivity index (χ1n) is 14.9. The van der Waals surface area contributed by atoms with Gasteiger partial charge in [0.2, 0.25) is 5.91 Å². The van der Waals surface area contributed by atoms with Gasteiger partial charge in [0.15, 0.2) is 5.11 Å². The summed E-state index contributed by atoms with van der Waals surface area (Å²) in [5.74, 6) is -1.32. The first-order valence-corrected chi connectivity index (χ1v) is 15.7. The number of hydrogen-bond acceptors (Lipinski definition) is 7. The van der Waals surface area contributed by atoms with Crippen LogP contribution in [0.4, 0.5) is 21.5 Å². The maximum absolute atomic E-state index is 13.8. The average molecular weight is 652 g/mol. The predicted octanol–water partition coefficient (Wildman–Crippen LogP) is 5.20. The van der Waals surface area contributed by atoms with Crippen molar-refractivity contribution in [3.05, 3.63) is 89.2 Å². The zero-order valence-electron chi connectivity index (χ0n) is 25.0. The molecule has 0 saturated carbocycles. The van der Waals surface area contributed by atoms with E-state index >= 15 is 0 Å². The lowest BCUT2D eigenvalue weighted by Crippen LogP contribution is -2.47. The molecule has 2 aliphatic heterocycles. The van der Waals surface area contributed by atoms with Gasteiger partial charge >= 0.3 is 5.97 Å². The second kappa shape index (κ2) is 14.8. The molecule has 2 fully saturated rings. The van der Waals surface area contributed by atoms with Crippen LogP contribution >= 0.6 is 23.8 Å². The zero-order chi connectivity index (χ0) is 31.9. The number of ether oxygens (including phenoxy) is 1. The number of carbonyl (C=O) groups excluding carboxylic acids is 3. The predicted molar refractivity (Wildman–Crippen MR) is 177 cm³/mol. The maximum Gasteiger partial charge on any atom is 0.338 e. The van der Waals surface area contributed by atoms with Crippen LogP contribution in [-0.4, -0.2) is 84.6 Å². The van der Waals surface area contributed by atoms with Crippen LogP contribution in [0.5, 0.6) is 0 Å². The van der Waals surface area contributed by atoms with E-state index in [1.165, 1.54) is 17.0 Å². The lowest BCUT2D eigenvalue weighted by molar-refractivity contribution is -0.124. The van der Waals surface area contributed by atoms with Gasteiger partial charge in [-0.15, -0.1) is 0 Å². The van der Waals surface area contributed by atoms with Gasteiger partial charge in [-0.1, -0.05) is 11.6 Å². The third-order valence-corrected chi connectivity index (χ3v) is 8.57. The van der Waals surface area contributed by atoms with Gasteiger partial charge in [0.1, 0.15) is 11.9 Å². The maximum atomic E-state index is 13.8. The fourth-order valence-corrected chi connectivity index (χ4v) is 6.09. The Morgan fingerprint density at radius 2 is 1.58 bits per heavy atom. The van der Waals surface area contributed by atoms with Crippen molar-refractivity contribution in [3.8, 4) is 0 Å². The van der Waals surface area contributed by atoms with Gasteiger partial charge in [0, 0.05) is 49.1 Å². The fourth-order valence-electron chi connectivity index (χ4n) is 5.55. The molecule has 0 radical (unpaired) electrons. The quantitative estimate of drug-likeness (QED) is 0.224. The molecule has 2 amide bonds. The number of thiocarbonyl (C=S) groups is 1. The molecular weight excluding hydrogens is 617 g/mol. The van der Waals surface area contributed by atoms with E-state index in [1.807, 2.05) is 4.90 Å². The molecule has 3 aromatic rings. The van der Waals surface area contributed by atoms with Gasteiger partial charge in [-0.05, 0) is 105 Å². The Hall–Kier alpha value is -4.06. The number of piperazine rings is 1. The van der Waals surface area contributed by atoms with Crippen molar-refractivity contribution in [2.45, 2.75) is 25.8 Å². The van der Waals surface area contributed by atoms with Crippen molar-refractivity contribution in [2.24, 2.45) is 0 Å². The highest BCUT2D eigenvalue weighted by atomic mass is 35.5. The summed E-state index contributed by atoms with van der Waals surface area (Å²) in [4.78, 5) is 46.9. The molecule has 9 nitrogen and oxygen atoms in total. The molecule has 0 aromatic heterocycles. The van der Waals surface area contributed by atoms with Crippen LogP contribution in [0.15, 0.2) is 72.8 Å². The standard InChI is InChI=1S/C33H35ClFN5O4S/c1-2-44-32(43)23-4-12-28(13-5-23)40-31(42)29(22-30(41)36-26-10-6-24(34)7-11-26)39(33(40)45)17-3-16-37-18-20-38(21-19-37)27-14-8-25(35)9-15-27/h4-15,29H,2-3,16-22H2,1H3,(H,36,41)/t29-/m0/s1. The molecule has 5 rings (SSSR count). The molecule has 1 atom stereocenters. The third kappa shape index (κ3) is 7.97. The van der Waals surface area contributed by atoms with Crippen LogP contribution in [0.2, 0.25) is 5.02 Å². The molecule has 3 aromatic carbocycles. The van der Waals surface area contributed by atoms with Crippen molar-refractivity contribution in [3.63, 3.8) is 0 Å². The zero-order valence-corrected chi connectivity index (χ0v) is 26.5. The Kier molecular flexibility index (Phi) is 10.6. The molecule has 2 aliphatic rings. The highest BCUT2D eigenvalue weighted by molar-refractivity contribution is 7.80. The van der Waals surface area contributed by atoms with E-state index < -0.39 is 12.0 Å². The summed E-state index contributed by atoms with van der Waals surface area (Å²) >= 11 is 11.8. The SMILES string of the molecule is CCOC(=O)c1ccc(N2C(=O)[C@H](CC(=O)Nc3ccc(Cl)cc3)N(CCCN3CCN(c4ccc(F)cc4)CC3)C2=S)cc1. The Bertz CT molecular complexity index is 1520. The van der Waals surface area contributed by atoms with E-state index in [-0.39, 0.29) is 30.7 Å². The van der Waals surface area contributed by atoms with E-state index in [0.29, 0.717) is 33.6 Å². The molecule has 12 heteroatoms. The molecule has 0 aliphatic carbocycles. The second-order valence-electron chi connectivity index (χ2n) is 10.9. The average Bonchev–Trinajstić information content (AvgIpc) is 3.27. The Morgan fingerprint density at radius 3 is 2.22 bits per heavy atom. The summed E-state index contributed by atoms with van der Waals surface area (Å²) in [6.07, 6.45) is 0.643. The van der Waals surface area contributed by atoms with Crippen LogP contribution in [0, 0.1) is 5.82 Å². The number of nitrogens with zero attached hydrogens (tertiary/aromatic N) is 4. The molecule has 1 N–H and O–H groups in total. The van der Waals surface area contributed by atoms with Gasteiger partial charge < -0.3 is 19.9 Å². The van der Waals surface area contributed by atoms with E-state index in [2.05, 4.69) is 15.1 Å². The van der Waals surface area contributed by atoms with Gasteiger partial charge in [0.25, 0.3) is 5.91 Å². The van der Waals surface area contributed by atoms with E-state index in [4.69, 9.17) is 28.6 Å². The third-order valence-electron chi connectivity index (χ3n) is 7.90. The van der Waals surface area contributed by atoms with Gasteiger partial charge in [-0.3, -0.25) is 19.4 Å². The highest BCUT2D eigenvalue weighted by Gasteiger charge is 2.44. The molecule has 0 unspecified atom stereocenters. The monoisotopic (exact) mass is 651 g/mol. The summed E-state index contributed by atoms with van der Waals surface area (Å²) in [7, 11) is 0. The van der Waals surface area contributed by atoms with Gasteiger partial charge in [-0.2, -0.15) is 0 Å². The summed E-state index contributed by atoms with van der Waals surface area (Å²) in [6, 6.07) is 19.0. The lowest BCUT2D eigenvalue weighted by atomic mass is 10.1. The van der Waals surface area contributed by atoms with Crippen LogP contribution < -0.4 is 15.1 Å². The molecule has 0 bridgehead atoms. The smallest absolute Gasteiger partial charge is 0.338 e. The minimum absolute atomic E-state index is 0.0879. The first-order chi connectivity index (χ1) is 21.7. The first kappa shape index (κ1) is 32.3. The topological polar surface area (TPSA) is 85.4 Å². The Morgan fingerprint density at radius 1 is 0.933 bits per heavy atom. The molecular formula is C33H35ClFN5O4S. The Balaban J connectivity index is 1.24. The molecule has 236 valence electrons. The molecule has 2 saturated heterocycles. The van der Waals surface area contributed by atoms with Crippen molar-refractivity contribution >= 4 is 63.8 Å². The highest BCUT2D eigenvalue weighted by Crippen LogP contribution is 2.28. The summed E-state index contributed by atoms with van der Waals surface area (Å²) in [6.45, 7) is 6.64. The van der Waals surface area contributed by atoms with E-state index in [1.54, 1.807) is 67.6 Å². The van der Waals surface area contributed by atoms with Crippen molar-refractivity contribution in [1.29, 1.82) is 0 Å². The molecule has 2 heterocycles. The van der Waals surface area contributed by atoms with E-state index in [9.17, 15) is 18.8 Å². The largest absolute Gasteiger partial charge is 0.462 e. The number of nitrogens with one attached hydrogen (secondary N) is 1. The second-order valence-corrected chi connectivity index (χ2v) is 11.7. The number of halogens is 2. The molecule has 45 heavy (non-hydrogen) atoms. The van der Waals surface area contributed by atoms with Gasteiger partial charge in [-0.25, -0.2) is 9.18 Å². The van der Waals surface area contributed by atoms with Crippen molar-refractivity contribution < 1.29 is 23.5 Å². The number of hydrogen-bond donors (Lipinski definition) is 1. The van der Waals surface area contributed by atoms with Crippen molar-refractivity contribution in [1.82, 2.24) is 9.80 Å². The number of rotatable bonds is 11. The Labute approximate surface area is 272 Å². The van der Waals surface area contributed by atoms with Crippen LogP contribution in [0.25, 0.3) is 0 Å². The minimum atomic E-state index is -0.787. The summed E-state index contributed by atoms with van der Waals surface area (Å²) in [5, 5.41) is 3.71. The number of anilines is 3. The number of amides is 2. The summed E-state index contributed by atoms with van der Waals surface area (Å²) in [5.41, 5.74) is 2.47. The van der Waals surface area contributed by atoms with Crippen LogP contribution in [0.3, 0.4) is 0 Å². The number of carbonyl (C=O) groups is 3. The van der Waals surface area contributed by atoms with Crippen LogP contribution in [-0.2, 0) is 14.3 Å². The normalized spacial score (nSPS) is 17.1. The molecule has 0 spiro atoms. The minimum Gasteiger partial charge on any atom is -0.462 e. The van der Waals surface area contributed by atoms with Crippen molar-refractivity contribution in [2.75, 3.05) is 61.0 Å². The fraction of sp³-hybridized carbons (Fsp3) is 0.333. The van der Waals surface area contributed by atoms with Gasteiger partial charge in [0.05, 0.1) is 24.3 Å². The lowest BCUT2D eigenvalue weighted by Gasteiger charge is -2.36. The number of esters is 1. The summed E-state index contributed by atoms with van der Waals surface area (Å²) < 4.78 is 18.4. The van der Waals surface area contributed by atoms with E-state index in [0.717, 1.165) is 44.8 Å². The number of benzene rings is 3.